The summed E-state index contributed by atoms with van der Waals surface area (Å²) in [7, 11) is 0. The molecule has 2 aromatic rings. The number of nitrogens with zero attached hydrogens (tertiary/aromatic N) is 2. The number of hydrogen-bond donors (Lipinski definition) is 1. The molecule has 1 aromatic heterocycles. The average molecular weight is 315 g/mol. The van der Waals surface area contributed by atoms with Crippen molar-refractivity contribution in [1.29, 1.82) is 0 Å². The Labute approximate surface area is 137 Å². The Hall–Kier alpha value is -1.85. The second kappa shape index (κ2) is 7.62. The van der Waals surface area contributed by atoms with E-state index >= 15 is 0 Å². The van der Waals surface area contributed by atoms with E-state index in [0.29, 0.717) is 6.04 Å². The third kappa shape index (κ3) is 3.74. The lowest BCUT2D eigenvalue weighted by molar-refractivity contribution is 0.120. The maximum absolute atomic E-state index is 5.74. The number of nitrogens with one attached hydrogen (secondary N) is 1. The lowest BCUT2D eigenvalue weighted by Gasteiger charge is -2.27. The monoisotopic (exact) mass is 315 g/mol. The highest BCUT2D eigenvalue weighted by Gasteiger charge is 2.24. The molecule has 23 heavy (non-hydrogen) atoms. The summed E-state index contributed by atoms with van der Waals surface area (Å²) >= 11 is 0. The van der Waals surface area contributed by atoms with Crippen molar-refractivity contribution >= 4 is 5.88 Å². The molecule has 0 spiro atoms. The summed E-state index contributed by atoms with van der Waals surface area (Å²) in [6, 6.07) is 10.7. The molecule has 124 valence electrons. The first-order valence-electron chi connectivity index (χ1n) is 8.39. The first kappa shape index (κ1) is 16.0. The van der Waals surface area contributed by atoms with Gasteiger partial charge in [-0.15, -0.1) is 0 Å². The number of aromatic nitrogens is 1. The molecule has 1 aliphatic rings. The maximum Gasteiger partial charge on any atom is 0.232 e. The van der Waals surface area contributed by atoms with Crippen molar-refractivity contribution in [2.24, 2.45) is 0 Å². The molecule has 0 bridgehead atoms. The minimum absolute atomic E-state index is 0.464. The van der Waals surface area contributed by atoms with Crippen molar-refractivity contribution in [3.63, 3.8) is 0 Å². The van der Waals surface area contributed by atoms with Crippen LogP contribution in [0, 0.1) is 0 Å². The molecule has 2 heterocycles. The van der Waals surface area contributed by atoms with Crippen LogP contribution in [-0.2, 0) is 11.3 Å². The Bertz CT molecular complexity index is 606. The Morgan fingerprint density at radius 2 is 1.96 bits per heavy atom. The summed E-state index contributed by atoms with van der Waals surface area (Å²) in [4.78, 5) is 2.23. The molecule has 0 aliphatic carbocycles. The second-order valence-electron chi connectivity index (χ2n) is 5.97. The highest BCUT2D eigenvalue weighted by Crippen LogP contribution is 2.31. The lowest BCUT2D eigenvalue weighted by Crippen LogP contribution is -2.37. The van der Waals surface area contributed by atoms with E-state index in [1.54, 1.807) is 0 Å². The maximum atomic E-state index is 5.74. The first-order valence-corrected chi connectivity index (χ1v) is 8.39. The SMILES string of the molecule is CCC(C)NCc1c(-c2ccccc2)noc1N1CCOCC1. The van der Waals surface area contributed by atoms with E-state index < -0.39 is 0 Å². The number of benzene rings is 1. The fourth-order valence-electron chi connectivity index (χ4n) is 2.72. The molecule has 1 fully saturated rings. The van der Waals surface area contributed by atoms with Crippen molar-refractivity contribution < 1.29 is 9.26 Å². The summed E-state index contributed by atoms with van der Waals surface area (Å²) in [5, 5.41) is 7.93. The van der Waals surface area contributed by atoms with E-state index in [2.05, 4.69) is 41.4 Å². The summed E-state index contributed by atoms with van der Waals surface area (Å²) in [6.45, 7) is 8.31. The van der Waals surface area contributed by atoms with E-state index in [1.165, 1.54) is 0 Å². The largest absolute Gasteiger partial charge is 0.378 e. The zero-order valence-corrected chi connectivity index (χ0v) is 13.9. The first-order chi connectivity index (χ1) is 11.3. The molecule has 1 saturated heterocycles. The summed E-state index contributed by atoms with van der Waals surface area (Å²) in [5.74, 6) is 0.878. The fraction of sp³-hybridized carbons (Fsp3) is 0.500. The van der Waals surface area contributed by atoms with Crippen molar-refractivity contribution in [3.8, 4) is 11.3 Å². The standard InChI is InChI=1S/C18H25N3O2/c1-3-14(2)19-13-16-17(15-7-5-4-6-8-15)20-23-18(16)21-9-11-22-12-10-21/h4-8,14,19H,3,9-13H2,1-2H3. The molecule has 1 atom stereocenters. The van der Waals surface area contributed by atoms with Crippen LogP contribution in [0.4, 0.5) is 5.88 Å². The van der Waals surface area contributed by atoms with E-state index in [4.69, 9.17) is 9.26 Å². The summed E-state index contributed by atoms with van der Waals surface area (Å²) < 4.78 is 11.2. The van der Waals surface area contributed by atoms with Crippen LogP contribution < -0.4 is 10.2 Å². The van der Waals surface area contributed by atoms with Crippen LogP contribution in [0.5, 0.6) is 0 Å². The van der Waals surface area contributed by atoms with Crippen LogP contribution in [0.2, 0.25) is 0 Å². The lowest BCUT2D eigenvalue weighted by atomic mass is 10.1. The van der Waals surface area contributed by atoms with Crippen molar-refractivity contribution in [2.75, 3.05) is 31.2 Å². The van der Waals surface area contributed by atoms with Gasteiger partial charge in [-0.05, 0) is 13.3 Å². The van der Waals surface area contributed by atoms with Crippen LogP contribution in [-0.4, -0.2) is 37.5 Å². The molecular weight excluding hydrogens is 290 g/mol. The van der Waals surface area contributed by atoms with E-state index in [1.807, 2.05) is 18.2 Å². The van der Waals surface area contributed by atoms with Gasteiger partial charge in [0.2, 0.25) is 5.88 Å². The van der Waals surface area contributed by atoms with Crippen LogP contribution in [0.15, 0.2) is 34.9 Å². The quantitative estimate of drug-likeness (QED) is 0.888. The topological polar surface area (TPSA) is 50.5 Å². The van der Waals surface area contributed by atoms with Crippen LogP contribution in [0.25, 0.3) is 11.3 Å². The number of anilines is 1. The molecule has 1 N–H and O–H groups in total. The Kier molecular flexibility index (Phi) is 5.31. The zero-order valence-electron chi connectivity index (χ0n) is 13.9. The van der Waals surface area contributed by atoms with Crippen LogP contribution in [0.3, 0.4) is 0 Å². The second-order valence-corrected chi connectivity index (χ2v) is 5.97. The molecule has 0 saturated carbocycles. The van der Waals surface area contributed by atoms with Gasteiger partial charge in [-0.1, -0.05) is 42.4 Å². The van der Waals surface area contributed by atoms with Crippen molar-refractivity contribution in [1.82, 2.24) is 10.5 Å². The predicted octanol–water partition coefficient (Wildman–Crippen LogP) is 3.07. The van der Waals surface area contributed by atoms with Crippen LogP contribution in [0.1, 0.15) is 25.8 Å². The number of hydrogen-bond acceptors (Lipinski definition) is 5. The predicted molar refractivity (Wildman–Crippen MR) is 91.6 cm³/mol. The Morgan fingerprint density at radius 3 is 2.65 bits per heavy atom. The van der Waals surface area contributed by atoms with E-state index in [0.717, 1.165) is 62.0 Å². The third-order valence-electron chi connectivity index (χ3n) is 4.35. The van der Waals surface area contributed by atoms with Gasteiger partial charge in [0, 0.05) is 31.2 Å². The van der Waals surface area contributed by atoms with Crippen molar-refractivity contribution in [2.45, 2.75) is 32.9 Å². The van der Waals surface area contributed by atoms with Gasteiger partial charge in [0.25, 0.3) is 0 Å². The smallest absolute Gasteiger partial charge is 0.232 e. The molecule has 1 aliphatic heterocycles. The molecular formula is C18H25N3O2. The molecule has 3 rings (SSSR count). The fourth-order valence-corrected chi connectivity index (χ4v) is 2.72. The molecule has 5 heteroatoms. The van der Waals surface area contributed by atoms with Gasteiger partial charge in [0.05, 0.1) is 18.8 Å². The molecule has 1 aromatic carbocycles. The van der Waals surface area contributed by atoms with Crippen LogP contribution >= 0.6 is 0 Å². The molecule has 1 unspecified atom stereocenters. The molecule has 5 nitrogen and oxygen atoms in total. The van der Waals surface area contributed by atoms with E-state index in [-0.39, 0.29) is 0 Å². The van der Waals surface area contributed by atoms with Gasteiger partial charge in [-0.3, -0.25) is 0 Å². The summed E-state index contributed by atoms with van der Waals surface area (Å²) in [6.07, 6.45) is 1.10. The van der Waals surface area contributed by atoms with E-state index in [9.17, 15) is 0 Å². The highest BCUT2D eigenvalue weighted by molar-refractivity contribution is 5.68. The van der Waals surface area contributed by atoms with Crippen molar-refractivity contribution in [3.05, 3.63) is 35.9 Å². The Balaban J connectivity index is 1.90. The van der Waals surface area contributed by atoms with Gasteiger partial charge in [-0.2, -0.15) is 0 Å². The highest BCUT2D eigenvalue weighted by atomic mass is 16.5. The Morgan fingerprint density at radius 1 is 1.22 bits per heavy atom. The summed E-state index contributed by atoms with van der Waals surface area (Å²) in [5.41, 5.74) is 3.16. The number of ether oxygens (including phenoxy) is 1. The van der Waals surface area contributed by atoms with Gasteiger partial charge >= 0.3 is 0 Å². The van der Waals surface area contributed by atoms with Gasteiger partial charge in [-0.25, -0.2) is 0 Å². The number of morpholine rings is 1. The van der Waals surface area contributed by atoms with Gasteiger partial charge < -0.3 is 19.5 Å². The van der Waals surface area contributed by atoms with Gasteiger partial charge in [0.15, 0.2) is 0 Å². The normalized spacial score (nSPS) is 16.5. The third-order valence-corrected chi connectivity index (χ3v) is 4.35. The minimum atomic E-state index is 0.464. The zero-order chi connectivity index (χ0) is 16.1. The molecule has 0 radical (unpaired) electrons. The number of rotatable bonds is 6. The van der Waals surface area contributed by atoms with Gasteiger partial charge in [0.1, 0.15) is 5.69 Å². The minimum Gasteiger partial charge on any atom is -0.378 e. The molecule has 0 amide bonds. The average Bonchev–Trinajstić information content (AvgIpc) is 3.05.